The molecule has 8 nitrogen and oxygen atoms in total. The molecule has 1 aliphatic heterocycles. The molecule has 1 heterocycles. The lowest BCUT2D eigenvalue weighted by Gasteiger charge is -2.31. The lowest BCUT2D eigenvalue weighted by atomic mass is 9.99. The van der Waals surface area contributed by atoms with Gasteiger partial charge >= 0.3 is 11.9 Å². The van der Waals surface area contributed by atoms with Gasteiger partial charge in [0.1, 0.15) is 0 Å². The Balaban J connectivity index is 2.61. The molecular weight excluding hydrogens is 300 g/mol. The first-order valence-corrected chi connectivity index (χ1v) is 8.21. The Bertz CT molecular complexity index is 484. The van der Waals surface area contributed by atoms with Gasteiger partial charge in [-0.05, 0) is 19.8 Å². The van der Waals surface area contributed by atoms with Gasteiger partial charge in [-0.3, -0.25) is 9.59 Å². The third-order valence-electron chi connectivity index (χ3n) is 3.80. The fourth-order valence-electron chi connectivity index (χ4n) is 2.12. The number of methoxy groups -OCH3 is 1. The van der Waals surface area contributed by atoms with E-state index in [9.17, 15) is 18.0 Å². The minimum atomic E-state index is -3.75. The number of ether oxygens (including phenoxy) is 1. The molecule has 9 heteroatoms. The quantitative estimate of drug-likeness (QED) is 0.656. The van der Waals surface area contributed by atoms with Crippen LogP contribution in [-0.2, 0) is 24.5 Å². The number of carbonyl (C=O) groups excluding carboxylic acids is 1. The van der Waals surface area contributed by atoms with Gasteiger partial charge in [0.05, 0.1) is 18.9 Å². The molecule has 2 unspecified atom stereocenters. The lowest BCUT2D eigenvalue weighted by molar-refractivity contribution is -0.146. The number of nitrogens with one attached hydrogen (secondary N) is 1. The predicted octanol–water partition coefficient (Wildman–Crippen LogP) is -0.185. The van der Waals surface area contributed by atoms with Gasteiger partial charge in [0.25, 0.3) is 10.2 Å². The number of hydrogen-bond donors (Lipinski definition) is 2. The third-order valence-corrected chi connectivity index (χ3v) is 5.52. The number of carbonyl (C=O) groups is 2. The van der Waals surface area contributed by atoms with E-state index in [0.717, 1.165) is 0 Å². The molecule has 21 heavy (non-hydrogen) atoms. The number of hydrogen-bond acceptors (Lipinski definition) is 5. The zero-order valence-corrected chi connectivity index (χ0v) is 13.2. The van der Waals surface area contributed by atoms with Crippen molar-refractivity contribution >= 4 is 22.1 Å². The van der Waals surface area contributed by atoms with Crippen molar-refractivity contribution in [3.63, 3.8) is 0 Å². The maximum Gasteiger partial charge on any atom is 0.308 e. The summed E-state index contributed by atoms with van der Waals surface area (Å²) in [4.78, 5) is 22.2. The second-order valence-corrected chi connectivity index (χ2v) is 6.94. The number of piperidine rings is 1. The summed E-state index contributed by atoms with van der Waals surface area (Å²) in [5, 5.41) is 8.88. The lowest BCUT2D eigenvalue weighted by Crippen LogP contribution is -2.50. The minimum absolute atomic E-state index is 0.212. The number of aliphatic carboxylic acids is 1. The summed E-state index contributed by atoms with van der Waals surface area (Å²) in [7, 11) is -2.44. The van der Waals surface area contributed by atoms with Crippen LogP contribution < -0.4 is 4.72 Å². The first-order valence-electron chi connectivity index (χ1n) is 6.77. The second-order valence-electron chi connectivity index (χ2n) is 5.23. The largest absolute Gasteiger partial charge is 0.481 e. The van der Waals surface area contributed by atoms with Crippen LogP contribution in [0.2, 0.25) is 0 Å². The molecule has 0 saturated carbocycles. The van der Waals surface area contributed by atoms with Gasteiger partial charge in [-0.1, -0.05) is 6.92 Å². The van der Waals surface area contributed by atoms with Crippen molar-refractivity contribution in [3.05, 3.63) is 0 Å². The van der Waals surface area contributed by atoms with Crippen molar-refractivity contribution in [3.8, 4) is 0 Å². The second kappa shape index (κ2) is 7.19. The number of nitrogens with zero attached hydrogens (tertiary/aromatic N) is 1. The highest BCUT2D eigenvalue weighted by Gasteiger charge is 2.33. The van der Waals surface area contributed by atoms with Crippen LogP contribution >= 0.6 is 0 Å². The minimum Gasteiger partial charge on any atom is -0.481 e. The molecule has 0 aliphatic carbocycles. The van der Waals surface area contributed by atoms with Crippen LogP contribution in [0.4, 0.5) is 0 Å². The van der Waals surface area contributed by atoms with E-state index < -0.39 is 28.1 Å². The summed E-state index contributed by atoms with van der Waals surface area (Å²) in [6.45, 7) is 3.38. The van der Waals surface area contributed by atoms with Crippen molar-refractivity contribution in [2.75, 3.05) is 20.2 Å². The van der Waals surface area contributed by atoms with E-state index in [1.807, 2.05) is 0 Å². The van der Waals surface area contributed by atoms with E-state index in [4.69, 9.17) is 5.11 Å². The summed E-state index contributed by atoms with van der Waals surface area (Å²) < 4.78 is 32.6. The van der Waals surface area contributed by atoms with Crippen LogP contribution in [0.5, 0.6) is 0 Å². The molecule has 1 aliphatic rings. The predicted molar refractivity (Wildman–Crippen MR) is 74.6 cm³/mol. The van der Waals surface area contributed by atoms with E-state index in [1.165, 1.54) is 25.3 Å². The molecule has 2 N–H and O–H groups in total. The maximum atomic E-state index is 12.2. The summed E-state index contributed by atoms with van der Waals surface area (Å²) in [6, 6.07) is -0.717. The fourth-order valence-corrected chi connectivity index (χ4v) is 3.64. The van der Waals surface area contributed by atoms with Gasteiger partial charge in [-0.15, -0.1) is 0 Å². The first kappa shape index (κ1) is 17.9. The number of carboxylic acids is 1. The third kappa shape index (κ3) is 4.65. The SMILES string of the molecule is COC(=O)C1CCN(S(=O)(=O)NC(C)C(C)C(=O)O)CC1. The molecule has 1 saturated heterocycles. The van der Waals surface area contributed by atoms with E-state index in [1.54, 1.807) is 0 Å². The summed E-state index contributed by atoms with van der Waals surface area (Å²) in [6.07, 6.45) is 0.799. The Morgan fingerprint density at radius 2 is 1.81 bits per heavy atom. The molecule has 1 rings (SSSR count). The maximum absolute atomic E-state index is 12.2. The number of rotatable bonds is 6. The van der Waals surface area contributed by atoms with Gasteiger partial charge in [-0.25, -0.2) is 0 Å². The Hall–Kier alpha value is -1.19. The van der Waals surface area contributed by atoms with Crippen molar-refractivity contribution in [2.24, 2.45) is 11.8 Å². The Kier molecular flexibility index (Phi) is 6.11. The molecule has 0 spiro atoms. The molecule has 0 bridgehead atoms. The van der Waals surface area contributed by atoms with E-state index >= 15 is 0 Å². The highest BCUT2D eigenvalue weighted by Crippen LogP contribution is 2.20. The van der Waals surface area contributed by atoms with Crippen LogP contribution in [0.3, 0.4) is 0 Å². The molecule has 2 atom stereocenters. The smallest absolute Gasteiger partial charge is 0.308 e. The van der Waals surface area contributed by atoms with Gasteiger partial charge < -0.3 is 9.84 Å². The van der Waals surface area contributed by atoms with E-state index in [2.05, 4.69) is 9.46 Å². The summed E-state index contributed by atoms with van der Waals surface area (Å²) in [5.41, 5.74) is 0. The highest BCUT2D eigenvalue weighted by molar-refractivity contribution is 7.87. The van der Waals surface area contributed by atoms with E-state index in [0.29, 0.717) is 12.8 Å². The van der Waals surface area contributed by atoms with Gasteiger partial charge in [0, 0.05) is 19.1 Å². The van der Waals surface area contributed by atoms with Gasteiger partial charge in [-0.2, -0.15) is 17.4 Å². The van der Waals surface area contributed by atoms with Gasteiger partial charge in [0.15, 0.2) is 0 Å². The van der Waals surface area contributed by atoms with Crippen LogP contribution in [0.15, 0.2) is 0 Å². The standard InChI is InChI=1S/C12H22N2O6S/c1-8(11(15)16)9(2)13-21(18,19)14-6-4-10(5-7-14)12(17)20-3/h8-10,13H,4-7H2,1-3H3,(H,15,16). The molecule has 0 aromatic carbocycles. The Labute approximate surface area is 124 Å². The number of esters is 1. The monoisotopic (exact) mass is 322 g/mol. The zero-order valence-electron chi connectivity index (χ0n) is 12.4. The molecule has 0 radical (unpaired) electrons. The average Bonchev–Trinajstić information content (AvgIpc) is 2.45. The van der Waals surface area contributed by atoms with Crippen LogP contribution in [0.1, 0.15) is 26.7 Å². The number of carboxylic acid groups (broad SMARTS) is 1. The normalized spacial score (nSPS) is 20.7. The van der Waals surface area contributed by atoms with Gasteiger partial charge in [0.2, 0.25) is 0 Å². The van der Waals surface area contributed by atoms with Crippen LogP contribution in [-0.4, -0.2) is 56.0 Å². The van der Waals surface area contributed by atoms with Crippen molar-refractivity contribution in [1.29, 1.82) is 0 Å². The van der Waals surface area contributed by atoms with Crippen molar-refractivity contribution in [2.45, 2.75) is 32.7 Å². The molecule has 0 aromatic rings. The molecule has 122 valence electrons. The molecule has 1 fully saturated rings. The molecule has 0 aromatic heterocycles. The van der Waals surface area contributed by atoms with Crippen molar-refractivity contribution in [1.82, 2.24) is 9.03 Å². The average molecular weight is 322 g/mol. The highest BCUT2D eigenvalue weighted by atomic mass is 32.2. The van der Waals surface area contributed by atoms with Crippen LogP contribution in [0, 0.1) is 11.8 Å². The topological polar surface area (TPSA) is 113 Å². The summed E-state index contributed by atoms with van der Waals surface area (Å²) in [5.74, 6) is -2.49. The molecule has 0 amide bonds. The van der Waals surface area contributed by atoms with E-state index in [-0.39, 0.29) is 25.0 Å². The first-order chi connectivity index (χ1) is 9.69. The van der Waals surface area contributed by atoms with Crippen LogP contribution in [0.25, 0.3) is 0 Å². The molecular formula is C12H22N2O6S. The Morgan fingerprint density at radius 1 is 1.29 bits per heavy atom. The fraction of sp³-hybridized carbons (Fsp3) is 0.833. The van der Waals surface area contributed by atoms with Crippen molar-refractivity contribution < 1.29 is 27.9 Å². The zero-order chi connectivity index (χ0) is 16.2. The Morgan fingerprint density at radius 3 is 2.24 bits per heavy atom. The summed E-state index contributed by atoms with van der Waals surface area (Å²) >= 11 is 0.